The van der Waals surface area contributed by atoms with Crippen LogP contribution in [-0.2, 0) is 14.8 Å². The Morgan fingerprint density at radius 1 is 1.15 bits per heavy atom. The van der Waals surface area contributed by atoms with Crippen molar-refractivity contribution in [3.05, 3.63) is 63.6 Å². The van der Waals surface area contributed by atoms with E-state index in [9.17, 15) is 8.42 Å². The summed E-state index contributed by atoms with van der Waals surface area (Å²) in [4.78, 5) is 4.42. The van der Waals surface area contributed by atoms with Crippen LogP contribution in [0.3, 0.4) is 0 Å². The van der Waals surface area contributed by atoms with Gasteiger partial charge in [0.2, 0.25) is 10.0 Å². The molecule has 0 unspecified atom stereocenters. The molecule has 0 amide bonds. The number of rotatable bonds is 5. The van der Waals surface area contributed by atoms with Crippen LogP contribution >= 0.6 is 27.5 Å². The summed E-state index contributed by atoms with van der Waals surface area (Å²) in [7, 11) is -3.68. The first-order chi connectivity index (χ1) is 13.0. The van der Waals surface area contributed by atoms with Crippen LogP contribution < -0.4 is 0 Å². The molecule has 0 N–H and O–H groups in total. The lowest BCUT2D eigenvalue weighted by molar-refractivity contribution is 0.0730. The molecule has 1 saturated heterocycles. The fourth-order valence-electron chi connectivity index (χ4n) is 2.58. The van der Waals surface area contributed by atoms with Crippen molar-refractivity contribution in [2.45, 2.75) is 4.90 Å². The van der Waals surface area contributed by atoms with Crippen molar-refractivity contribution in [1.82, 2.24) is 4.31 Å². The lowest BCUT2D eigenvalue weighted by Crippen LogP contribution is -2.40. The van der Waals surface area contributed by atoms with Crippen LogP contribution in [0, 0.1) is 0 Å². The first kappa shape index (κ1) is 20.2. The van der Waals surface area contributed by atoms with Crippen LogP contribution in [0.4, 0.5) is 5.69 Å². The minimum absolute atomic E-state index is 0.0591. The van der Waals surface area contributed by atoms with Crippen molar-refractivity contribution in [3.63, 3.8) is 0 Å². The van der Waals surface area contributed by atoms with E-state index in [1.54, 1.807) is 18.3 Å². The van der Waals surface area contributed by atoms with Crippen LogP contribution in [0.25, 0.3) is 6.08 Å². The summed E-state index contributed by atoms with van der Waals surface area (Å²) in [5, 5.41) is 0.180. The zero-order valence-electron chi connectivity index (χ0n) is 14.4. The molecular weight excluding hydrogens is 452 g/mol. The van der Waals surface area contributed by atoms with E-state index in [1.807, 2.05) is 36.4 Å². The highest BCUT2D eigenvalue weighted by atomic mass is 79.9. The smallest absolute Gasteiger partial charge is 0.244 e. The van der Waals surface area contributed by atoms with E-state index in [0.717, 1.165) is 10.0 Å². The summed E-state index contributed by atoms with van der Waals surface area (Å²) in [6.45, 7) is 1.40. The predicted octanol–water partition coefficient (Wildman–Crippen LogP) is 4.50. The molecule has 1 heterocycles. The van der Waals surface area contributed by atoms with E-state index in [1.165, 1.54) is 10.4 Å². The van der Waals surface area contributed by atoms with Gasteiger partial charge >= 0.3 is 0 Å². The fourth-order valence-corrected chi connectivity index (χ4v) is 4.85. The number of benzene rings is 2. The molecule has 0 radical (unpaired) electrons. The van der Waals surface area contributed by atoms with Crippen molar-refractivity contribution in [2.24, 2.45) is 4.99 Å². The molecule has 3 rings (SSSR count). The van der Waals surface area contributed by atoms with Crippen molar-refractivity contribution < 1.29 is 13.2 Å². The van der Waals surface area contributed by atoms with Crippen LogP contribution in [0.15, 0.2) is 62.9 Å². The molecule has 0 aromatic heterocycles. The minimum atomic E-state index is -3.68. The second-order valence-corrected chi connectivity index (χ2v) is 9.06. The third-order valence-corrected chi connectivity index (χ3v) is 6.76. The van der Waals surface area contributed by atoms with Gasteiger partial charge in [0, 0.05) is 23.8 Å². The predicted molar refractivity (Wildman–Crippen MR) is 113 cm³/mol. The SMILES string of the molecule is O=S(=O)(c1cc(N=C/C(Br)=C/c2ccccc2)ccc1Cl)N1CCOCC1. The van der Waals surface area contributed by atoms with Gasteiger partial charge in [-0.15, -0.1) is 0 Å². The molecule has 1 aliphatic rings. The lowest BCUT2D eigenvalue weighted by Gasteiger charge is -2.26. The number of nitrogens with zero attached hydrogens (tertiary/aromatic N) is 2. The summed E-state index contributed by atoms with van der Waals surface area (Å²) in [5.41, 5.74) is 1.53. The standard InChI is InChI=1S/C19H18BrClN2O3S/c20-16(12-15-4-2-1-3-5-15)14-22-17-6-7-18(21)19(13-17)27(24,25)23-8-10-26-11-9-23/h1-7,12-14H,8-11H2/b16-12-,22-14?. The highest BCUT2D eigenvalue weighted by Crippen LogP contribution is 2.29. The molecule has 27 heavy (non-hydrogen) atoms. The zero-order valence-corrected chi connectivity index (χ0v) is 17.5. The van der Waals surface area contributed by atoms with E-state index in [0.29, 0.717) is 32.0 Å². The number of halogens is 2. The van der Waals surface area contributed by atoms with Gasteiger partial charge in [0.05, 0.1) is 23.9 Å². The molecule has 1 aliphatic heterocycles. The molecule has 0 bridgehead atoms. The summed E-state index contributed by atoms with van der Waals surface area (Å²) >= 11 is 9.61. The molecule has 1 fully saturated rings. The van der Waals surface area contributed by atoms with E-state index in [4.69, 9.17) is 16.3 Å². The second kappa shape index (κ2) is 9.12. The number of ether oxygens (including phenoxy) is 1. The van der Waals surface area contributed by atoms with Gasteiger partial charge in [-0.05, 0) is 45.8 Å². The average Bonchev–Trinajstić information content (AvgIpc) is 2.68. The van der Waals surface area contributed by atoms with E-state index < -0.39 is 10.0 Å². The molecule has 0 aliphatic carbocycles. The van der Waals surface area contributed by atoms with Gasteiger partial charge in [-0.2, -0.15) is 4.31 Å². The maximum Gasteiger partial charge on any atom is 0.244 e. The van der Waals surface area contributed by atoms with E-state index >= 15 is 0 Å². The molecule has 2 aromatic carbocycles. The number of hydrogen-bond donors (Lipinski definition) is 0. The van der Waals surface area contributed by atoms with Gasteiger partial charge < -0.3 is 4.74 Å². The van der Waals surface area contributed by atoms with Crippen LogP contribution in [0.2, 0.25) is 5.02 Å². The molecule has 142 valence electrons. The van der Waals surface area contributed by atoms with Gasteiger partial charge in [-0.25, -0.2) is 8.42 Å². The maximum absolute atomic E-state index is 12.9. The lowest BCUT2D eigenvalue weighted by atomic mass is 10.2. The molecule has 0 saturated carbocycles. The van der Waals surface area contributed by atoms with Gasteiger partial charge in [-0.1, -0.05) is 41.9 Å². The van der Waals surface area contributed by atoms with Gasteiger partial charge in [0.25, 0.3) is 0 Å². The maximum atomic E-state index is 12.9. The van der Waals surface area contributed by atoms with Crippen LogP contribution in [-0.4, -0.2) is 45.2 Å². The summed E-state index contributed by atoms with van der Waals surface area (Å²) in [5.74, 6) is 0. The Balaban J connectivity index is 1.84. The molecule has 2 aromatic rings. The van der Waals surface area contributed by atoms with Crippen molar-refractivity contribution in [1.29, 1.82) is 0 Å². The molecule has 0 atom stereocenters. The summed E-state index contributed by atoms with van der Waals surface area (Å²) < 4.78 is 33.1. The highest BCUT2D eigenvalue weighted by Gasteiger charge is 2.28. The van der Waals surface area contributed by atoms with Gasteiger partial charge in [0.1, 0.15) is 4.90 Å². The Morgan fingerprint density at radius 3 is 2.56 bits per heavy atom. The van der Waals surface area contributed by atoms with Gasteiger partial charge in [-0.3, -0.25) is 4.99 Å². The van der Waals surface area contributed by atoms with E-state index in [2.05, 4.69) is 20.9 Å². The Bertz CT molecular complexity index is 956. The second-order valence-electron chi connectivity index (χ2n) is 5.83. The molecule has 8 heteroatoms. The third-order valence-electron chi connectivity index (χ3n) is 3.94. The van der Waals surface area contributed by atoms with Crippen LogP contribution in [0.5, 0.6) is 0 Å². The highest BCUT2D eigenvalue weighted by molar-refractivity contribution is 9.12. The number of hydrogen-bond acceptors (Lipinski definition) is 4. The Morgan fingerprint density at radius 2 is 1.85 bits per heavy atom. The fraction of sp³-hybridized carbons (Fsp3) is 0.211. The topological polar surface area (TPSA) is 59.0 Å². The minimum Gasteiger partial charge on any atom is -0.379 e. The average molecular weight is 470 g/mol. The molecule has 5 nitrogen and oxygen atoms in total. The van der Waals surface area contributed by atoms with Crippen LogP contribution in [0.1, 0.15) is 5.56 Å². The first-order valence-corrected chi connectivity index (χ1v) is 10.9. The normalized spacial score (nSPS) is 16.7. The van der Waals surface area contributed by atoms with Gasteiger partial charge in [0.15, 0.2) is 0 Å². The summed E-state index contributed by atoms with van der Waals surface area (Å²) in [6, 6.07) is 14.5. The number of sulfonamides is 1. The Hall–Kier alpha value is -1.51. The summed E-state index contributed by atoms with van der Waals surface area (Å²) in [6.07, 6.45) is 3.55. The largest absolute Gasteiger partial charge is 0.379 e. The number of aliphatic imine (C=N–C) groups is 1. The Kier molecular flexibility index (Phi) is 6.83. The van der Waals surface area contributed by atoms with Crippen molar-refractivity contribution in [2.75, 3.05) is 26.3 Å². The quantitative estimate of drug-likeness (QED) is 0.606. The van der Waals surface area contributed by atoms with Crippen molar-refractivity contribution >= 4 is 55.5 Å². The molecular formula is C19H18BrClN2O3S. The monoisotopic (exact) mass is 468 g/mol. The zero-order chi connectivity index (χ0) is 19.3. The first-order valence-electron chi connectivity index (χ1n) is 8.30. The third kappa shape index (κ3) is 5.27. The molecule has 0 spiro atoms. The van der Waals surface area contributed by atoms with E-state index in [-0.39, 0.29) is 9.92 Å². The van der Waals surface area contributed by atoms with Crippen molar-refractivity contribution in [3.8, 4) is 0 Å². The number of allylic oxidation sites excluding steroid dienone is 1. The Labute approximate surface area is 172 Å². The number of morpholine rings is 1.